The van der Waals surface area contributed by atoms with Gasteiger partial charge in [0.05, 0.1) is 19.7 Å². The Morgan fingerprint density at radius 1 is 1.04 bits per heavy atom. The van der Waals surface area contributed by atoms with Crippen molar-refractivity contribution in [2.24, 2.45) is 5.92 Å². The van der Waals surface area contributed by atoms with Crippen molar-refractivity contribution in [3.05, 3.63) is 59.7 Å². The number of quaternary nitrogens is 1. The zero-order valence-corrected chi connectivity index (χ0v) is 15.9. The number of rotatable bonds is 4. The Morgan fingerprint density at radius 2 is 1.61 bits per heavy atom. The zero-order valence-electron chi connectivity index (χ0n) is 15.9. The van der Waals surface area contributed by atoms with E-state index in [4.69, 9.17) is 4.74 Å². The van der Waals surface area contributed by atoms with Crippen LogP contribution in [0.1, 0.15) is 24.0 Å². The lowest BCUT2D eigenvalue weighted by Crippen LogP contribution is -2.65. The molecule has 0 aromatic heterocycles. The molecular weight excluding hydrogens is 354 g/mol. The first-order valence-corrected chi connectivity index (χ1v) is 10.2. The number of fused-ring (bicyclic) bond motifs is 6. The Morgan fingerprint density at radius 3 is 2.18 bits per heavy atom. The SMILES string of the molecule is O=C(O[C@H]1C[N+]2(CCO)CCC1CC2)C1(O)c2ccccc2-c2ccccc21. The van der Waals surface area contributed by atoms with Crippen LogP contribution in [-0.2, 0) is 15.1 Å². The lowest BCUT2D eigenvalue weighted by molar-refractivity contribution is -0.946. The van der Waals surface area contributed by atoms with Crippen LogP contribution < -0.4 is 0 Å². The van der Waals surface area contributed by atoms with Gasteiger partial charge in [0.2, 0.25) is 5.60 Å². The number of benzene rings is 2. The van der Waals surface area contributed by atoms with Gasteiger partial charge >= 0.3 is 5.97 Å². The highest BCUT2D eigenvalue weighted by atomic mass is 16.6. The molecule has 4 aliphatic rings. The minimum Gasteiger partial charge on any atom is -0.453 e. The van der Waals surface area contributed by atoms with Crippen LogP contribution in [0.5, 0.6) is 0 Å². The number of carbonyl (C=O) groups is 1. The minimum atomic E-state index is -1.76. The maximum atomic E-state index is 13.4. The predicted octanol–water partition coefficient (Wildman–Crippen LogP) is 2.05. The Labute approximate surface area is 164 Å². The molecule has 2 bridgehead atoms. The number of nitrogens with zero attached hydrogens (tertiary/aromatic N) is 1. The summed E-state index contributed by atoms with van der Waals surface area (Å²) in [6.07, 6.45) is 1.80. The van der Waals surface area contributed by atoms with Gasteiger partial charge in [-0.1, -0.05) is 48.5 Å². The molecule has 3 aliphatic heterocycles. The lowest BCUT2D eigenvalue weighted by Gasteiger charge is -2.52. The van der Waals surface area contributed by atoms with Crippen molar-refractivity contribution in [2.45, 2.75) is 24.5 Å². The molecule has 2 N–H and O–H groups in total. The Bertz CT molecular complexity index is 865. The van der Waals surface area contributed by atoms with Crippen LogP contribution in [0.2, 0.25) is 0 Å². The van der Waals surface area contributed by atoms with Crippen molar-refractivity contribution < 1.29 is 24.2 Å². The second kappa shape index (κ2) is 6.41. The molecule has 2 aromatic rings. The Kier molecular flexibility index (Phi) is 4.09. The fourth-order valence-corrected chi connectivity index (χ4v) is 5.54. The molecule has 5 nitrogen and oxygen atoms in total. The van der Waals surface area contributed by atoms with E-state index < -0.39 is 11.6 Å². The molecule has 3 heterocycles. The number of ether oxygens (including phenoxy) is 1. The average molecular weight is 380 g/mol. The van der Waals surface area contributed by atoms with E-state index in [0.717, 1.165) is 48.1 Å². The van der Waals surface area contributed by atoms with Crippen LogP contribution in [0.25, 0.3) is 11.1 Å². The summed E-state index contributed by atoms with van der Waals surface area (Å²) in [6.45, 7) is 3.66. The summed E-state index contributed by atoms with van der Waals surface area (Å²) in [5.74, 6) is -0.232. The molecule has 3 fully saturated rings. The number of carbonyl (C=O) groups excluding carboxylic acids is 1. The number of hydrogen-bond donors (Lipinski definition) is 2. The summed E-state index contributed by atoms with van der Waals surface area (Å²) in [5.41, 5.74) is 1.20. The summed E-state index contributed by atoms with van der Waals surface area (Å²) in [5, 5.41) is 21.1. The fourth-order valence-electron chi connectivity index (χ4n) is 5.54. The van der Waals surface area contributed by atoms with Gasteiger partial charge in [0.15, 0.2) is 6.10 Å². The topological polar surface area (TPSA) is 66.8 Å². The van der Waals surface area contributed by atoms with Crippen molar-refractivity contribution >= 4 is 5.97 Å². The van der Waals surface area contributed by atoms with Gasteiger partial charge in [-0.15, -0.1) is 0 Å². The largest absolute Gasteiger partial charge is 0.453 e. The number of esters is 1. The third-order valence-electron chi connectivity index (χ3n) is 7.09. The standard InChI is InChI=1S/C23H26NO4/c25-14-13-24-11-9-16(10-12-24)21(15-24)28-22(26)23(27)19-7-3-1-5-17(19)18-6-2-4-8-20(18)23/h1-8,16,21,25,27H,9-15H2/q+1/t16?,21-,24?/m0/s1. The van der Waals surface area contributed by atoms with Crippen molar-refractivity contribution in [2.75, 3.05) is 32.8 Å². The van der Waals surface area contributed by atoms with Gasteiger partial charge in [-0.3, -0.25) is 0 Å². The third kappa shape index (κ3) is 2.47. The quantitative estimate of drug-likeness (QED) is 0.629. The molecule has 0 spiro atoms. The Balaban J connectivity index is 1.47. The summed E-state index contributed by atoms with van der Waals surface area (Å²) >= 11 is 0. The molecular formula is C23H26NO4+. The van der Waals surface area contributed by atoms with Gasteiger partial charge in [-0.2, -0.15) is 0 Å². The molecule has 146 valence electrons. The van der Waals surface area contributed by atoms with Crippen LogP contribution in [0.3, 0.4) is 0 Å². The first-order chi connectivity index (χ1) is 13.6. The molecule has 2 aromatic carbocycles. The van der Waals surface area contributed by atoms with Crippen LogP contribution in [0.15, 0.2) is 48.5 Å². The normalized spacial score (nSPS) is 29.2. The highest BCUT2D eigenvalue weighted by Gasteiger charge is 2.53. The van der Waals surface area contributed by atoms with Gasteiger partial charge in [0.25, 0.3) is 0 Å². The molecule has 0 amide bonds. The van der Waals surface area contributed by atoms with E-state index in [0.29, 0.717) is 23.6 Å². The van der Waals surface area contributed by atoms with E-state index in [2.05, 4.69) is 0 Å². The summed E-state index contributed by atoms with van der Waals surface area (Å²) in [4.78, 5) is 13.4. The maximum absolute atomic E-state index is 13.4. The van der Waals surface area contributed by atoms with Crippen LogP contribution >= 0.6 is 0 Å². The molecule has 0 saturated carbocycles. The van der Waals surface area contributed by atoms with Gasteiger partial charge in [0.1, 0.15) is 13.1 Å². The first kappa shape index (κ1) is 17.9. The van der Waals surface area contributed by atoms with Gasteiger partial charge in [-0.25, -0.2) is 4.79 Å². The van der Waals surface area contributed by atoms with Crippen molar-refractivity contribution in [3.8, 4) is 11.1 Å². The number of hydrogen-bond acceptors (Lipinski definition) is 4. The van der Waals surface area contributed by atoms with Crippen molar-refractivity contribution in [3.63, 3.8) is 0 Å². The summed E-state index contributed by atoms with van der Waals surface area (Å²) in [7, 11) is 0. The summed E-state index contributed by atoms with van der Waals surface area (Å²) < 4.78 is 6.83. The fraction of sp³-hybridized carbons (Fsp3) is 0.435. The maximum Gasteiger partial charge on any atom is 0.348 e. The molecule has 1 aliphatic carbocycles. The molecule has 28 heavy (non-hydrogen) atoms. The number of aliphatic hydroxyl groups is 2. The summed E-state index contributed by atoms with van der Waals surface area (Å²) in [6, 6.07) is 15.0. The monoisotopic (exact) mass is 380 g/mol. The Hall–Kier alpha value is -2.21. The van der Waals surface area contributed by atoms with Crippen molar-refractivity contribution in [1.82, 2.24) is 0 Å². The van der Waals surface area contributed by atoms with Crippen LogP contribution in [-0.4, -0.2) is 59.6 Å². The van der Waals surface area contributed by atoms with E-state index >= 15 is 0 Å². The molecule has 5 heteroatoms. The zero-order chi connectivity index (χ0) is 19.4. The lowest BCUT2D eigenvalue weighted by atomic mass is 9.83. The predicted molar refractivity (Wildman–Crippen MR) is 104 cm³/mol. The molecule has 6 rings (SSSR count). The highest BCUT2D eigenvalue weighted by molar-refractivity contribution is 5.96. The van der Waals surface area contributed by atoms with Gasteiger partial charge in [-0.05, 0) is 11.1 Å². The van der Waals surface area contributed by atoms with E-state index in [1.807, 2.05) is 48.5 Å². The second-order valence-electron chi connectivity index (χ2n) is 8.50. The number of aliphatic hydroxyl groups excluding tert-OH is 1. The smallest absolute Gasteiger partial charge is 0.348 e. The van der Waals surface area contributed by atoms with Crippen LogP contribution in [0, 0.1) is 5.92 Å². The molecule has 0 unspecified atom stereocenters. The molecule has 0 radical (unpaired) electrons. The van der Waals surface area contributed by atoms with Gasteiger partial charge in [0, 0.05) is 29.9 Å². The van der Waals surface area contributed by atoms with Crippen molar-refractivity contribution in [1.29, 1.82) is 0 Å². The minimum absolute atomic E-state index is 0.149. The average Bonchev–Trinajstić information content (AvgIpc) is 2.99. The third-order valence-corrected chi connectivity index (χ3v) is 7.09. The van der Waals surface area contributed by atoms with E-state index in [1.54, 1.807) is 0 Å². The first-order valence-electron chi connectivity index (χ1n) is 10.2. The highest BCUT2D eigenvalue weighted by Crippen LogP contribution is 2.48. The van der Waals surface area contributed by atoms with Gasteiger partial charge < -0.3 is 19.4 Å². The number of piperidine rings is 3. The van der Waals surface area contributed by atoms with E-state index in [-0.39, 0.29) is 12.7 Å². The molecule has 3 saturated heterocycles. The van der Waals surface area contributed by atoms with E-state index in [9.17, 15) is 15.0 Å². The van der Waals surface area contributed by atoms with Crippen LogP contribution in [0.4, 0.5) is 0 Å². The second-order valence-corrected chi connectivity index (χ2v) is 8.50. The molecule has 1 atom stereocenters. The van der Waals surface area contributed by atoms with E-state index in [1.165, 1.54) is 0 Å².